The first-order valence-corrected chi connectivity index (χ1v) is 5.56. The highest BCUT2D eigenvalue weighted by atomic mass is 16.5. The summed E-state index contributed by atoms with van der Waals surface area (Å²) in [6.07, 6.45) is 1.69. The highest BCUT2D eigenvalue weighted by Gasteiger charge is 2.03. The van der Waals surface area contributed by atoms with Gasteiger partial charge in [0.05, 0.1) is 23.8 Å². The lowest BCUT2D eigenvalue weighted by molar-refractivity contribution is 0.379. The van der Waals surface area contributed by atoms with E-state index in [0.717, 1.165) is 11.0 Å². The Labute approximate surface area is 103 Å². The number of rotatable bonds is 3. The number of aromatic nitrogens is 4. The molecule has 0 aliphatic rings. The summed E-state index contributed by atoms with van der Waals surface area (Å²) < 4.78 is 5.00. The maximum atomic E-state index is 5.00. The van der Waals surface area contributed by atoms with Gasteiger partial charge in [-0.1, -0.05) is 17.3 Å². The maximum Gasteiger partial charge on any atom is 0.245 e. The summed E-state index contributed by atoms with van der Waals surface area (Å²) in [5, 5.41) is 6.81. The van der Waals surface area contributed by atoms with Crippen molar-refractivity contribution >= 4 is 16.9 Å². The van der Waals surface area contributed by atoms with Gasteiger partial charge >= 0.3 is 0 Å². The van der Waals surface area contributed by atoms with Crippen LogP contribution in [0.5, 0.6) is 0 Å². The minimum atomic E-state index is 0.438. The molecule has 90 valence electrons. The summed E-state index contributed by atoms with van der Waals surface area (Å²) in [5.74, 6) is 1.84. The van der Waals surface area contributed by atoms with E-state index in [2.05, 4.69) is 25.4 Å². The Morgan fingerprint density at radius 2 is 2.00 bits per heavy atom. The minimum absolute atomic E-state index is 0.438. The van der Waals surface area contributed by atoms with E-state index < -0.39 is 0 Å². The molecule has 0 radical (unpaired) electrons. The summed E-state index contributed by atoms with van der Waals surface area (Å²) in [6.45, 7) is 2.22. The fourth-order valence-corrected chi connectivity index (χ4v) is 1.62. The molecular weight excluding hydrogens is 230 g/mol. The van der Waals surface area contributed by atoms with Crippen molar-refractivity contribution in [2.45, 2.75) is 13.5 Å². The predicted molar refractivity (Wildman–Crippen MR) is 65.9 cm³/mol. The van der Waals surface area contributed by atoms with E-state index in [4.69, 9.17) is 4.52 Å². The van der Waals surface area contributed by atoms with Gasteiger partial charge in [0.1, 0.15) is 5.82 Å². The van der Waals surface area contributed by atoms with Crippen LogP contribution in [0.15, 0.2) is 35.0 Å². The average Bonchev–Trinajstić information content (AvgIpc) is 2.82. The van der Waals surface area contributed by atoms with Crippen LogP contribution in [0.1, 0.15) is 11.7 Å². The van der Waals surface area contributed by atoms with E-state index >= 15 is 0 Å². The average molecular weight is 241 g/mol. The zero-order chi connectivity index (χ0) is 12.4. The predicted octanol–water partition coefficient (Wildman–Crippen LogP) is 1.93. The second-order valence-corrected chi connectivity index (χ2v) is 3.83. The zero-order valence-electron chi connectivity index (χ0n) is 9.79. The summed E-state index contributed by atoms with van der Waals surface area (Å²) in [7, 11) is 0. The molecule has 3 aromatic rings. The van der Waals surface area contributed by atoms with Gasteiger partial charge in [-0.2, -0.15) is 4.98 Å². The molecule has 0 bridgehead atoms. The molecule has 0 fully saturated rings. The molecule has 18 heavy (non-hydrogen) atoms. The van der Waals surface area contributed by atoms with Gasteiger partial charge in [-0.25, -0.2) is 4.98 Å². The minimum Gasteiger partial charge on any atom is -0.360 e. The fourth-order valence-electron chi connectivity index (χ4n) is 1.62. The number of hydrogen-bond acceptors (Lipinski definition) is 6. The Balaban J connectivity index is 1.78. The molecule has 0 atom stereocenters. The maximum absolute atomic E-state index is 5.00. The van der Waals surface area contributed by atoms with Crippen LogP contribution in [0.3, 0.4) is 0 Å². The summed E-state index contributed by atoms with van der Waals surface area (Å²) in [6, 6.07) is 7.71. The fraction of sp³-hybridized carbons (Fsp3) is 0.167. The van der Waals surface area contributed by atoms with Gasteiger partial charge in [-0.3, -0.25) is 4.98 Å². The van der Waals surface area contributed by atoms with Gasteiger partial charge in [0, 0.05) is 0 Å². The summed E-state index contributed by atoms with van der Waals surface area (Å²) in [5.41, 5.74) is 1.72. The molecule has 3 rings (SSSR count). The largest absolute Gasteiger partial charge is 0.360 e. The number of hydrogen-bond donors (Lipinski definition) is 1. The number of nitrogens with zero attached hydrogens (tertiary/aromatic N) is 4. The van der Waals surface area contributed by atoms with Gasteiger partial charge in [0.25, 0.3) is 0 Å². The van der Waals surface area contributed by atoms with Crippen molar-refractivity contribution in [1.82, 2.24) is 20.1 Å². The molecule has 6 heteroatoms. The van der Waals surface area contributed by atoms with Gasteiger partial charge in [-0.05, 0) is 19.1 Å². The van der Waals surface area contributed by atoms with E-state index in [-0.39, 0.29) is 0 Å². The topological polar surface area (TPSA) is 76.7 Å². The zero-order valence-corrected chi connectivity index (χ0v) is 9.79. The first-order valence-electron chi connectivity index (χ1n) is 5.56. The molecule has 2 aromatic heterocycles. The lowest BCUT2D eigenvalue weighted by Gasteiger charge is -2.03. The van der Waals surface area contributed by atoms with Crippen LogP contribution in [0.25, 0.3) is 11.0 Å². The number of nitrogens with one attached hydrogen (secondary N) is 1. The molecule has 1 aromatic carbocycles. The molecule has 0 spiro atoms. The molecule has 6 nitrogen and oxygen atoms in total. The van der Waals surface area contributed by atoms with E-state index in [9.17, 15) is 0 Å². The Bertz CT molecular complexity index is 679. The Hall–Kier alpha value is -2.50. The van der Waals surface area contributed by atoms with Crippen LogP contribution in [-0.2, 0) is 6.54 Å². The number of fused-ring (bicyclic) bond motifs is 1. The van der Waals surface area contributed by atoms with Crippen molar-refractivity contribution in [2.24, 2.45) is 0 Å². The van der Waals surface area contributed by atoms with Crippen LogP contribution >= 0.6 is 0 Å². The van der Waals surface area contributed by atoms with Gasteiger partial charge < -0.3 is 9.84 Å². The Morgan fingerprint density at radius 1 is 1.17 bits per heavy atom. The normalized spacial score (nSPS) is 10.7. The van der Waals surface area contributed by atoms with Crippen molar-refractivity contribution in [2.75, 3.05) is 5.32 Å². The van der Waals surface area contributed by atoms with Crippen molar-refractivity contribution < 1.29 is 4.52 Å². The van der Waals surface area contributed by atoms with Crippen molar-refractivity contribution in [1.29, 1.82) is 0 Å². The van der Waals surface area contributed by atoms with E-state index in [1.54, 1.807) is 13.1 Å². The van der Waals surface area contributed by atoms with Crippen molar-refractivity contribution in [3.05, 3.63) is 42.2 Å². The second-order valence-electron chi connectivity index (χ2n) is 3.83. The molecule has 0 unspecified atom stereocenters. The quantitative estimate of drug-likeness (QED) is 0.755. The smallest absolute Gasteiger partial charge is 0.245 e. The third kappa shape index (κ3) is 2.13. The highest BCUT2D eigenvalue weighted by molar-refractivity contribution is 5.75. The first kappa shape index (κ1) is 10.6. The van der Waals surface area contributed by atoms with E-state index in [1.165, 1.54) is 0 Å². The lowest BCUT2D eigenvalue weighted by atomic mass is 10.3. The molecular formula is C12H11N5O. The van der Waals surface area contributed by atoms with E-state index in [0.29, 0.717) is 24.1 Å². The molecule has 0 saturated carbocycles. The van der Waals surface area contributed by atoms with Crippen LogP contribution < -0.4 is 5.32 Å². The number of anilines is 1. The van der Waals surface area contributed by atoms with Gasteiger partial charge in [0.2, 0.25) is 5.89 Å². The van der Waals surface area contributed by atoms with Gasteiger partial charge in [-0.15, -0.1) is 0 Å². The molecule has 0 aliphatic heterocycles. The lowest BCUT2D eigenvalue weighted by Crippen LogP contribution is -2.02. The third-order valence-electron chi connectivity index (χ3n) is 2.44. The molecule has 0 amide bonds. The summed E-state index contributed by atoms with van der Waals surface area (Å²) in [4.78, 5) is 12.8. The SMILES string of the molecule is Cc1noc(CNc2cnc3ccccc3n2)n1. The van der Waals surface area contributed by atoms with Gasteiger partial charge in [0.15, 0.2) is 5.82 Å². The van der Waals surface area contributed by atoms with Crippen LogP contribution in [0, 0.1) is 6.92 Å². The highest BCUT2D eigenvalue weighted by Crippen LogP contribution is 2.11. The van der Waals surface area contributed by atoms with Crippen LogP contribution in [0.2, 0.25) is 0 Å². The third-order valence-corrected chi connectivity index (χ3v) is 2.44. The molecule has 1 N–H and O–H groups in total. The van der Waals surface area contributed by atoms with Crippen LogP contribution in [-0.4, -0.2) is 20.1 Å². The van der Waals surface area contributed by atoms with Crippen molar-refractivity contribution in [3.63, 3.8) is 0 Å². The molecule has 0 saturated heterocycles. The summed E-state index contributed by atoms with van der Waals surface area (Å²) >= 11 is 0. The van der Waals surface area contributed by atoms with E-state index in [1.807, 2.05) is 24.3 Å². The number of aryl methyl sites for hydroxylation is 1. The molecule has 2 heterocycles. The standard InChI is InChI=1S/C12H11N5O/c1-8-15-12(18-17-8)7-14-11-6-13-9-4-2-3-5-10(9)16-11/h2-6H,7H2,1H3,(H,14,16). The monoisotopic (exact) mass is 241 g/mol. The van der Waals surface area contributed by atoms with Crippen molar-refractivity contribution in [3.8, 4) is 0 Å². The Morgan fingerprint density at radius 3 is 2.78 bits per heavy atom. The second kappa shape index (κ2) is 4.40. The molecule has 0 aliphatic carbocycles. The first-order chi connectivity index (χ1) is 8.81. The Kier molecular flexibility index (Phi) is 2.60. The number of para-hydroxylation sites is 2. The van der Waals surface area contributed by atoms with Crippen LogP contribution in [0.4, 0.5) is 5.82 Å². The number of benzene rings is 1.